The number of nitrogens with zero attached hydrogens (tertiary/aromatic N) is 1. The zero-order valence-corrected chi connectivity index (χ0v) is 11.9. The number of hydrogen-bond donors (Lipinski definition) is 2. The number of carboxylic acids is 1. The number of carbonyl (C=O) groups excluding carboxylic acids is 1. The van der Waals surface area contributed by atoms with E-state index in [9.17, 15) is 9.59 Å². The summed E-state index contributed by atoms with van der Waals surface area (Å²) in [5.41, 5.74) is 0.180. The van der Waals surface area contributed by atoms with Crippen LogP contribution in [0.1, 0.15) is 19.8 Å². The summed E-state index contributed by atoms with van der Waals surface area (Å²) in [5, 5.41) is 11.4. The zero-order valence-electron chi connectivity index (χ0n) is 11.1. The molecular weight excluding hydrogens is 252 g/mol. The highest BCUT2D eigenvalue weighted by Gasteiger charge is 2.28. The molecule has 0 aromatic carbocycles. The lowest BCUT2D eigenvalue weighted by Crippen LogP contribution is -2.43. The van der Waals surface area contributed by atoms with Gasteiger partial charge in [0.05, 0.1) is 11.5 Å². The molecule has 1 amide bonds. The van der Waals surface area contributed by atoms with E-state index in [2.05, 4.69) is 24.2 Å². The highest BCUT2D eigenvalue weighted by Crippen LogP contribution is 2.29. The summed E-state index contributed by atoms with van der Waals surface area (Å²) >= 11 is 1.14. The average Bonchev–Trinajstić information content (AvgIpc) is 2.31. The Kier molecular flexibility index (Phi) is 5.95. The summed E-state index contributed by atoms with van der Waals surface area (Å²) in [6.45, 7) is 5.03. The normalized spacial score (nSPS) is 19.4. The highest BCUT2D eigenvalue weighted by molar-refractivity contribution is 8.00. The molecule has 0 radical (unpaired) electrons. The number of carboxylic acid groups (broad SMARTS) is 1. The molecule has 0 spiro atoms. The van der Waals surface area contributed by atoms with Gasteiger partial charge in [0.2, 0.25) is 5.91 Å². The number of nitrogens with one attached hydrogen (secondary N) is 1. The first-order valence-electron chi connectivity index (χ1n) is 6.16. The van der Waals surface area contributed by atoms with Gasteiger partial charge in [-0.15, -0.1) is 11.8 Å². The first kappa shape index (κ1) is 15.3. The lowest BCUT2D eigenvalue weighted by Gasteiger charge is -2.37. The van der Waals surface area contributed by atoms with Crippen LogP contribution in [0.25, 0.3) is 0 Å². The summed E-state index contributed by atoms with van der Waals surface area (Å²) < 4.78 is 0. The molecule has 1 rings (SSSR count). The summed E-state index contributed by atoms with van der Waals surface area (Å²) in [6.07, 6.45) is 2.18. The predicted molar refractivity (Wildman–Crippen MR) is 72.8 cm³/mol. The number of aliphatic carboxylic acids is 1. The Hall–Kier alpha value is -0.750. The Morgan fingerprint density at radius 3 is 2.50 bits per heavy atom. The van der Waals surface area contributed by atoms with Gasteiger partial charge in [0.15, 0.2) is 0 Å². The second-order valence-corrected chi connectivity index (χ2v) is 6.26. The van der Waals surface area contributed by atoms with Crippen LogP contribution < -0.4 is 5.32 Å². The molecule has 0 unspecified atom stereocenters. The topological polar surface area (TPSA) is 69.6 Å². The molecule has 5 nitrogen and oxygen atoms in total. The van der Waals surface area contributed by atoms with Gasteiger partial charge in [-0.3, -0.25) is 9.59 Å². The van der Waals surface area contributed by atoms with Crippen molar-refractivity contribution in [3.63, 3.8) is 0 Å². The second-order valence-electron chi connectivity index (χ2n) is 5.28. The maximum atomic E-state index is 11.5. The minimum absolute atomic E-state index is 0.0184. The fourth-order valence-electron chi connectivity index (χ4n) is 1.93. The van der Waals surface area contributed by atoms with E-state index in [1.807, 2.05) is 0 Å². The number of hydrogen-bond acceptors (Lipinski definition) is 4. The molecule has 0 aromatic rings. The summed E-state index contributed by atoms with van der Waals surface area (Å²) in [4.78, 5) is 24.1. The molecule has 0 saturated carbocycles. The molecule has 1 saturated heterocycles. The van der Waals surface area contributed by atoms with Crippen LogP contribution in [0.3, 0.4) is 0 Å². The van der Waals surface area contributed by atoms with E-state index in [1.165, 1.54) is 0 Å². The van der Waals surface area contributed by atoms with Crippen LogP contribution in [0.15, 0.2) is 0 Å². The molecule has 0 aromatic heterocycles. The molecular formula is C12H22N2O3S. The number of amides is 1. The number of thioether (sulfide) groups is 1. The number of likely N-dealkylation sites (tertiary alicyclic amines) is 1. The molecule has 1 aliphatic rings. The number of carbonyl (C=O) groups is 2. The molecule has 0 atom stereocenters. The van der Waals surface area contributed by atoms with Crippen molar-refractivity contribution in [2.24, 2.45) is 5.41 Å². The van der Waals surface area contributed by atoms with E-state index in [1.54, 1.807) is 0 Å². The fraction of sp³-hybridized carbons (Fsp3) is 0.833. The van der Waals surface area contributed by atoms with E-state index in [4.69, 9.17) is 5.11 Å². The molecule has 0 aliphatic carbocycles. The predicted octanol–water partition coefficient (Wildman–Crippen LogP) is 0.652. The van der Waals surface area contributed by atoms with E-state index in [0.717, 1.165) is 37.7 Å². The summed E-state index contributed by atoms with van der Waals surface area (Å²) in [5.74, 6) is -0.742. The second kappa shape index (κ2) is 6.99. The number of rotatable bonds is 6. The minimum atomic E-state index is -0.880. The monoisotopic (exact) mass is 274 g/mol. The molecule has 0 bridgehead atoms. The van der Waals surface area contributed by atoms with E-state index in [-0.39, 0.29) is 22.8 Å². The number of piperidine rings is 1. The Balaban J connectivity index is 2.19. The molecule has 2 N–H and O–H groups in total. The van der Waals surface area contributed by atoms with Crippen molar-refractivity contribution in [2.75, 3.05) is 38.2 Å². The van der Waals surface area contributed by atoms with Crippen molar-refractivity contribution < 1.29 is 14.7 Å². The van der Waals surface area contributed by atoms with E-state index in [0.29, 0.717) is 6.54 Å². The minimum Gasteiger partial charge on any atom is -0.481 e. The Bertz CT molecular complexity index is 302. The third-order valence-electron chi connectivity index (χ3n) is 3.37. The van der Waals surface area contributed by atoms with Gasteiger partial charge in [-0.1, -0.05) is 6.92 Å². The third-order valence-corrected chi connectivity index (χ3v) is 4.28. The molecule has 6 heteroatoms. The molecule has 104 valence electrons. The quantitative estimate of drug-likeness (QED) is 0.744. The Labute approximate surface area is 112 Å². The van der Waals surface area contributed by atoms with Crippen molar-refractivity contribution in [1.82, 2.24) is 10.2 Å². The lowest BCUT2D eigenvalue weighted by atomic mass is 9.80. The average molecular weight is 274 g/mol. The van der Waals surface area contributed by atoms with E-state index < -0.39 is 5.97 Å². The van der Waals surface area contributed by atoms with Gasteiger partial charge in [0.1, 0.15) is 0 Å². The van der Waals surface area contributed by atoms with Crippen molar-refractivity contribution in [3.05, 3.63) is 0 Å². The van der Waals surface area contributed by atoms with Crippen molar-refractivity contribution in [3.8, 4) is 0 Å². The van der Waals surface area contributed by atoms with Gasteiger partial charge < -0.3 is 15.3 Å². The van der Waals surface area contributed by atoms with Gasteiger partial charge in [0, 0.05) is 6.54 Å². The SMILES string of the molecule is CN1CCC(C)(CNC(=O)CSCC(=O)O)CC1. The van der Waals surface area contributed by atoms with Crippen LogP contribution in [-0.4, -0.2) is 60.1 Å². The first-order valence-corrected chi connectivity index (χ1v) is 7.31. The molecule has 1 heterocycles. The molecule has 1 fully saturated rings. The van der Waals surface area contributed by atoms with E-state index >= 15 is 0 Å². The van der Waals surface area contributed by atoms with Crippen LogP contribution in [0, 0.1) is 5.41 Å². The van der Waals surface area contributed by atoms with Crippen LogP contribution in [-0.2, 0) is 9.59 Å². The fourth-order valence-corrected chi connectivity index (χ4v) is 2.49. The first-order chi connectivity index (χ1) is 8.41. The maximum Gasteiger partial charge on any atom is 0.313 e. The van der Waals surface area contributed by atoms with Crippen LogP contribution in [0.4, 0.5) is 0 Å². The molecule has 18 heavy (non-hydrogen) atoms. The van der Waals surface area contributed by atoms with Gasteiger partial charge >= 0.3 is 5.97 Å². The largest absolute Gasteiger partial charge is 0.481 e. The maximum absolute atomic E-state index is 11.5. The van der Waals surface area contributed by atoms with Gasteiger partial charge in [-0.2, -0.15) is 0 Å². The summed E-state index contributed by atoms with van der Waals surface area (Å²) in [6, 6.07) is 0. The van der Waals surface area contributed by atoms with Crippen LogP contribution in [0.2, 0.25) is 0 Å². The van der Waals surface area contributed by atoms with Gasteiger partial charge in [0.25, 0.3) is 0 Å². The van der Waals surface area contributed by atoms with Gasteiger partial charge in [-0.05, 0) is 38.4 Å². The Morgan fingerprint density at radius 1 is 1.33 bits per heavy atom. The smallest absolute Gasteiger partial charge is 0.313 e. The zero-order chi connectivity index (χ0) is 13.6. The van der Waals surface area contributed by atoms with Gasteiger partial charge in [-0.25, -0.2) is 0 Å². The standard InChI is InChI=1S/C12H22N2O3S/c1-12(3-5-14(2)6-4-12)9-13-10(15)7-18-8-11(16)17/h3-9H2,1-2H3,(H,13,15)(H,16,17). The molecule has 1 aliphatic heterocycles. The lowest BCUT2D eigenvalue weighted by molar-refractivity contribution is -0.133. The third kappa shape index (κ3) is 5.73. The summed E-state index contributed by atoms with van der Waals surface area (Å²) in [7, 11) is 2.11. The van der Waals surface area contributed by atoms with Crippen LogP contribution in [0.5, 0.6) is 0 Å². The van der Waals surface area contributed by atoms with Crippen molar-refractivity contribution in [1.29, 1.82) is 0 Å². The highest BCUT2D eigenvalue weighted by atomic mass is 32.2. The van der Waals surface area contributed by atoms with Crippen LogP contribution >= 0.6 is 11.8 Å². The van der Waals surface area contributed by atoms with Crippen molar-refractivity contribution in [2.45, 2.75) is 19.8 Å². The Morgan fingerprint density at radius 2 is 1.94 bits per heavy atom. The van der Waals surface area contributed by atoms with Crippen molar-refractivity contribution >= 4 is 23.6 Å².